The number of carbonyl (C=O) groups is 1. The summed E-state index contributed by atoms with van der Waals surface area (Å²) in [6, 6.07) is 0.341. The smallest absolute Gasteiger partial charge is 0.227 e. The maximum atomic E-state index is 12.5. The number of hydrogen-bond acceptors (Lipinski definition) is 3. The third-order valence-electron chi connectivity index (χ3n) is 4.62. The molecule has 2 N–H and O–H groups in total. The van der Waals surface area contributed by atoms with Crippen LogP contribution in [0.2, 0.25) is 0 Å². The fourth-order valence-corrected chi connectivity index (χ4v) is 3.34. The van der Waals surface area contributed by atoms with E-state index in [1.807, 2.05) is 0 Å². The van der Waals surface area contributed by atoms with E-state index < -0.39 is 0 Å². The molecule has 1 aliphatic heterocycles. The minimum absolute atomic E-state index is 0.219. The summed E-state index contributed by atoms with van der Waals surface area (Å²) in [6.45, 7) is 8.11. The van der Waals surface area contributed by atoms with Crippen LogP contribution >= 0.6 is 0 Å². The Hall–Kier alpha value is -0.610. The Morgan fingerprint density at radius 2 is 2.00 bits per heavy atom. The molecule has 1 amide bonds. The maximum Gasteiger partial charge on any atom is 0.227 e. The van der Waals surface area contributed by atoms with Crippen LogP contribution in [-0.2, 0) is 9.53 Å². The van der Waals surface area contributed by atoms with E-state index in [1.165, 1.54) is 0 Å². The highest BCUT2D eigenvalue weighted by atomic mass is 16.5. The van der Waals surface area contributed by atoms with Crippen LogP contribution in [0.25, 0.3) is 0 Å². The Morgan fingerprint density at radius 1 is 1.30 bits per heavy atom. The number of hydrogen-bond donors (Lipinski definition) is 2. The third-order valence-corrected chi connectivity index (χ3v) is 4.62. The van der Waals surface area contributed by atoms with Crippen molar-refractivity contribution in [2.24, 2.45) is 5.41 Å². The van der Waals surface area contributed by atoms with Gasteiger partial charge in [-0.15, -0.1) is 0 Å². The Kier molecular flexibility index (Phi) is 5.44. The molecule has 1 saturated heterocycles. The molecule has 0 aromatic carbocycles. The zero-order valence-electron chi connectivity index (χ0n) is 13.2. The van der Waals surface area contributed by atoms with Crippen molar-refractivity contribution in [3.63, 3.8) is 0 Å². The van der Waals surface area contributed by atoms with Crippen molar-refractivity contribution in [1.82, 2.24) is 10.6 Å². The quantitative estimate of drug-likeness (QED) is 0.831. The van der Waals surface area contributed by atoms with Gasteiger partial charge < -0.3 is 15.4 Å². The van der Waals surface area contributed by atoms with Crippen molar-refractivity contribution >= 4 is 5.91 Å². The minimum Gasteiger partial charge on any atom is -0.376 e. The van der Waals surface area contributed by atoms with Crippen molar-refractivity contribution in [3.05, 3.63) is 0 Å². The van der Waals surface area contributed by atoms with Crippen LogP contribution in [0, 0.1) is 5.41 Å². The lowest BCUT2D eigenvalue weighted by Crippen LogP contribution is -2.52. The molecule has 20 heavy (non-hydrogen) atoms. The number of amides is 1. The molecule has 2 aliphatic rings. The molecule has 1 aliphatic carbocycles. The predicted molar refractivity (Wildman–Crippen MR) is 80.6 cm³/mol. The monoisotopic (exact) mass is 282 g/mol. The van der Waals surface area contributed by atoms with Gasteiger partial charge >= 0.3 is 0 Å². The Morgan fingerprint density at radius 3 is 2.55 bits per heavy atom. The lowest BCUT2D eigenvalue weighted by Gasteiger charge is -2.36. The number of ether oxygens (including phenoxy) is 1. The van der Waals surface area contributed by atoms with Crippen molar-refractivity contribution in [2.75, 3.05) is 13.1 Å². The van der Waals surface area contributed by atoms with Gasteiger partial charge in [0.25, 0.3) is 0 Å². The number of piperidine rings is 1. The van der Waals surface area contributed by atoms with Crippen molar-refractivity contribution in [1.29, 1.82) is 0 Å². The topological polar surface area (TPSA) is 50.4 Å². The van der Waals surface area contributed by atoms with Gasteiger partial charge in [-0.1, -0.05) is 0 Å². The summed E-state index contributed by atoms with van der Waals surface area (Å²) < 4.78 is 5.86. The van der Waals surface area contributed by atoms with Gasteiger partial charge in [-0.3, -0.25) is 4.79 Å². The Balaban J connectivity index is 1.76. The van der Waals surface area contributed by atoms with Crippen molar-refractivity contribution < 1.29 is 9.53 Å². The van der Waals surface area contributed by atoms with Crippen molar-refractivity contribution in [2.45, 2.75) is 77.5 Å². The summed E-state index contributed by atoms with van der Waals surface area (Å²) in [5, 5.41) is 6.61. The molecule has 1 atom stereocenters. The summed E-state index contributed by atoms with van der Waals surface area (Å²) in [5.74, 6) is 0.234. The van der Waals surface area contributed by atoms with E-state index in [2.05, 4.69) is 31.4 Å². The minimum atomic E-state index is -0.219. The standard InChI is InChI=1S/C16H30N2O2/c1-12(2)20-14-7-5-13(6-8-14)18-15(19)16(3)9-4-10-17-11-16/h12-14,17H,4-11H2,1-3H3,(H,18,19)/t13?,14?,16-/m0/s1. The molecule has 1 saturated carbocycles. The largest absolute Gasteiger partial charge is 0.376 e. The molecule has 0 bridgehead atoms. The lowest BCUT2D eigenvalue weighted by atomic mass is 9.81. The summed E-state index contributed by atoms with van der Waals surface area (Å²) >= 11 is 0. The highest BCUT2D eigenvalue weighted by Crippen LogP contribution is 2.28. The molecule has 2 rings (SSSR count). The van der Waals surface area contributed by atoms with Gasteiger partial charge in [0.15, 0.2) is 0 Å². The van der Waals surface area contributed by atoms with E-state index in [9.17, 15) is 4.79 Å². The third kappa shape index (κ3) is 4.19. The van der Waals surface area contributed by atoms with Crippen LogP contribution in [0.4, 0.5) is 0 Å². The molecule has 0 aromatic rings. The molecular weight excluding hydrogens is 252 g/mol. The van der Waals surface area contributed by atoms with Gasteiger partial charge in [0.2, 0.25) is 5.91 Å². The van der Waals surface area contributed by atoms with Crippen LogP contribution in [0.3, 0.4) is 0 Å². The highest BCUT2D eigenvalue weighted by molar-refractivity contribution is 5.82. The van der Waals surface area contributed by atoms with Crippen molar-refractivity contribution in [3.8, 4) is 0 Å². The number of nitrogens with one attached hydrogen (secondary N) is 2. The second-order valence-electron chi connectivity index (χ2n) is 6.97. The lowest BCUT2D eigenvalue weighted by molar-refractivity contribution is -0.132. The van der Waals surface area contributed by atoms with Gasteiger partial charge in [-0.05, 0) is 65.8 Å². The summed E-state index contributed by atoms with van der Waals surface area (Å²) in [7, 11) is 0. The average molecular weight is 282 g/mol. The van der Waals surface area contributed by atoms with E-state index in [0.29, 0.717) is 18.2 Å². The van der Waals surface area contributed by atoms with E-state index in [1.54, 1.807) is 0 Å². The van der Waals surface area contributed by atoms with Crippen LogP contribution in [0.5, 0.6) is 0 Å². The maximum absolute atomic E-state index is 12.5. The van der Waals surface area contributed by atoms with Gasteiger partial charge in [-0.2, -0.15) is 0 Å². The van der Waals surface area contributed by atoms with E-state index in [0.717, 1.165) is 51.6 Å². The zero-order valence-corrected chi connectivity index (χ0v) is 13.2. The first-order chi connectivity index (χ1) is 9.49. The van der Waals surface area contributed by atoms with Crippen LogP contribution in [0.15, 0.2) is 0 Å². The van der Waals surface area contributed by atoms with Crippen LogP contribution < -0.4 is 10.6 Å². The number of carbonyl (C=O) groups excluding carboxylic acids is 1. The molecular formula is C16H30N2O2. The highest BCUT2D eigenvalue weighted by Gasteiger charge is 2.36. The molecule has 0 radical (unpaired) electrons. The molecule has 0 unspecified atom stereocenters. The second kappa shape index (κ2) is 6.90. The molecule has 2 fully saturated rings. The predicted octanol–water partition coefficient (Wildman–Crippen LogP) is 2.23. The zero-order chi connectivity index (χ0) is 14.6. The van der Waals surface area contributed by atoms with Gasteiger partial charge in [0.1, 0.15) is 0 Å². The molecule has 0 spiro atoms. The molecule has 4 nitrogen and oxygen atoms in total. The first-order valence-electron chi connectivity index (χ1n) is 8.17. The first kappa shape index (κ1) is 15.8. The van der Waals surface area contributed by atoms with Gasteiger partial charge in [0.05, 0.1) is 17.6 Å². The van der Waals surface area contributed by atoms with Gasteiger partial charge in [0, 0.05) is 12.6 Å². The Labute approximate surface area is 123 Å². The molecule has 116 valence electrons. The molecule has 1 heterocycles. The molecule has 4 heteroatoms. The van der Waals surface area contributed by atoms with E-state index >= 15 is 0 Å². The Bertz CT molecular complexity index is 316. The summed E-state index contributed by atoms with van der Waals surface area (Å²) in [5.41, 5.74) is -0.219. The summed E-state index contributed by atoms with van der Waals surface area (Å²) in [6.07, 6.45) is 7.01. The summed E-state index contributed by atoms with van der Waals surface area (Å²) in [4.78, 5) is 12.5. The first-order valence-corrected chi connectivity index (χ1v) is 8.17. The van der Waals surface area contributed by atoms with Crippen LogP contribution in [-0.4, -0.2) is 37.2 Å². The van der Waals surface area contributed by atoms with Gasteiger partial charge in [-0.25, -0.2) is 0 Å². The van der Waals surface area contributed by atoms with E-state index in [4.69, 9.17) is 4.74 Å². The van der Waals surface area contributed by atoms with E-state index in [-0.39, 0.29) is 11.3 Å². The fraction of sp³-hybridized carbons (Fsp3) is 0.938. The fourth-order valence-electron chi connectivity index (χ4n) is 3.34. The molecule has 0 aromatic heterocycles. The average Bonchev–Trinajstić information content (AvgIpc) is 2.41. The number of rotatable bonds is 4. The second-order valence-corrected chi connectivity index (χ2v) is 6.97. The SMILES string of the molecule is CC(C)OC1CCC(NC(=O)[C@@]2(C)CCCNC2)CC1. The normalized spacial score (nSPS) is 35.0. The van der Waals surface area contributed by atoms with Crippen LogP contribution in [0.1, 0.15) is 59.3 Å².